The third kappa shape index (κ3) is 3.34. The molecular formula is C16H22N4O2. The quantitative estimate of drug-likeness (QED) is 0.888. The summed E-state index contributed by atoms with van der Waals surface area (Å²) in [4.78, 5) is 23.1. The normalized spacial score (nSPS) is 19.6. The number of aliphatic hydroxyl groups is 1. The lowest BCUT2D eigenvalue weighted by Gasteiger charge is -2.31. The van der Waals surface area contributed by atoms with Crippen LogP contribution in [0, 0.1) is 5.92 Å². The van der Waals surface area contributed by atoms with Gasteiger partial charge < -0.3 is 10.0 Å². The van der Waals surface area contributed by atoms with E-state index in [9.17, 15) is 9.90 Å². The number of aromatic nitrogens is 3. The van der Waals surface area contributed by atoms with Crippen LogP contribution in [0.5, 0.6) is 0 Å². The number of likely N-dealkylation sites (tertiary alicyclic amines) is 1. The van der Waals surface area contributed by atoms with Crippen LogP contribution in [0.1, 0.15) is 19.3 Å². The van der Waals surface area contributed by atoms with Crippen molar-refractivity contribution in [1.82, 2.24) is 19.4 Å². The molecule has 0 radical (unpaired) electrons. The van der Waals surface area contributed by atoms with E-state index in [0.29, 0.717) is 23.5 Å². The van der Waals surface area contributed by atoms with E-state index in [1.807, 2.05) is 0 Å². The van der Waals surface area contributed by atoms with Gasteiger partial charge in [-0.3, -0.25) is 9.36 Å². The highest BCUT2D eigenvalue weighted by Crippen LogP contribution is 2.15. The molecule has 3 rings (SSSR count). The molecule has 6 heteroatoms. The third-order valence-electron chi connectivity index (χ3n) is 4.32. The van der Waals surface area contributed by atoms with Crippen LogP contribution in [-0.4, -0.2) is 50.8 Å². The maximum Gasteiger partial charge on any atom is 0.279 e. The maximum absolute atomic E-state index is 12.3. The van der Waals surface area contributed by atoms with Crippen LogP contribution in [0.4, 0.5) is 0 Å². The zero-order valence-corrected chi connectivity index (χ0v) is 12.7. The maximum atomic E-state index is 12.3. The van der Waals surface area contributed by atoms with Crippen molar-refractivity contribution in [2.24, 2.45) is 5.92 Å². The summed E-state index contributed by atoms with van der Waals surface area (Å²) in [5.41, 5.74) is 1.01. The molecule has 118 valence electrons. The largest absolute Gasteiger partial charge is 0.396 e. The average Bonchev–Trinajstić information content (AvgIpc) is 2.57. The van der Waals surface area contributed by atoms with Gasteiger partial charge in [-0.1, -0.05) is 0 Å². The van der Waals surface area contributed by atoms with Crippen molar-refractivity contribution >= 4 is 11.0 Å². The summed E-state index contributed by atoms with van der Waals surface area (Å²) in [6, 6.07) is 3.59. The van der Waals surface area contributed by atoms with Gasteiger partial charge in [0.2, 0.25) is 0 Å². The molecule has 6 nitrogen and oxygen atoms in total. The second kappa shape index (κ2) is 6.98. The highest BCUT2D eigenvalue weighted by Gasteiger charge is 2.18. The summed E-state index contributed by atoms with van der Waals surface area (Å²) in [5, 5.41) is 9.26. The summed E-state index contributed by atoms with van der Waals surface area (Å²) >= 11 is 0. The molecule has 0 saturated carbocycles. The zero-order valence-electron chi connectivity index (χ0n) is 12.7. The summed E-state index contributed by atoms with van der Waals surface area (Å²) in [7, 11) is 0. The van der Waals surface area contributed by atoms with Crippen molar-refractivity contribution in [3.8, 4) is 0 Å². The summed E-state index contributed by atoms with van der Waals surface area (Å²) in [6.07, 6.45) is 6.40. The molecule has 1 aliphatic heterocycles. The molecule has 0 aliphatic carbocycles. The summed E-state index contributed by atoms with van der Waals surface area (Å²) < 4.78 is 1.64. The lowest BCUT2D eigenvalue weighted by Crippen LogP contribution is -2.37. The Bertz CT molecular complexity index is 685. The van der Waals surface area contributed by atoms with Crippen LogP contribution < -0.4 is 5.56 Å². The van der Waals surface area contributed by atoms with Crippen molar-refractivity contribution < 1.29 is 5.11 Å². The van der Waals surface area contributed by atoms with Gasteiger partial charge in [0, 0.05) is 25.9 Å². The standard InChI is InChI=1S/C16H22N4O2/c21-11-13-4-2-7-19(10-13)8-3-9-20-12-18-14-5-1-6-17-15(14)16(20)22/h1,5-6,12-13,21H,2-4,7-11H2. The van der Waals surface area contributed by atoms with E-state index in [-0.39, 0.29) is 12.2 Å². The Morgan fingerprint density at radius 2 is 2.23 bits per heavy atom. The van der Waals surface area contributed by atoms with E-state index in [1.165, 1.54) is 0 Å². The summed E-state index contributed by atoms with van der Waals surface area (Å²) in [6.45, 7) is 3.92. The van der Waals surface area contributed by atoms with Gasteiger partial charge in [0.05, 0.1) is 11.8 Å². The minimum atomic E-state index is -0.0718. The minimum Gasteiger partial charge on any atom is -0.396 e. The molecule has 22 heavy (non-hydrogen) atoms. The fourth-order valence-electron chi connectivity index (χ4n) is 3.11. The van der Waals surface area contributed by atoms with Gasteiger partial charge >= 0.3 is 0 Å². The van der Waals surface area contributed by atoms with Crippen molar-refractivity contribution in [2.45, 2.75) is 25.8 Å². The number of rotatable bonds is 5. The van der Waals surface area contributed by atoms with Gasteiger partial charge in [0.15, 0.2) is 5.52 Å². The fraction of sp³-hybridized carbons (Fsp3) is 0.562. The number of fused-ring (bicyclic) bond motifs is 1. The smallest absolute Gasteiger partial charge is 0.279 e. The van der Waals surface area contributed by atoms with Crippen molar-refractivity contribution in [3.63, 3.8) is 0 Å². The van der Waals surface area contributed by atoms with Gasteiger partial charge in [0.1, 0.15) is 0 Å². The van der Waals surface area contributed by atoms with Crippen LogP contribution in [0.3, 0.4) is 0 Å². The van der Waals surface area contributed by atoms with Crippen LogP contribution >= 0.6 is 0 Å². The zero-order chi connectivity index (χ0) is 15.4. The van der Waals surface area contributed by atoms with E-state index in [4.69, 9.17) is 0 Å². The Labute approximate surface area is 129 Å². The van der Waals surface area contributed by atoms with Crippen molar-refractivity contribution in [1.29, 1.82) is 0 Å². The predicted octanol–water partition coefficient (Wildman–Crippen LogP) is 0.886. The first-order chi connectivity index (χ1) is 10.8. The number of piperidine rings is 1. The Balaban J connectivity index is 1.60. The topological polar surface area (TPSA) is 71.2 Å². The molecule has 1 N–H and O–H groups in total. The Kier molecular flexibility index (Phi) is 4.80. The molecule has 1 saturated heterocycles. The molecule has 0 bridgehead atoms. The highest BCUT2D eigenvalue weighted by atomic mass is 16.3. The fourth-order valence-corrected chi connectivity index (χ4v) is 3.11. The third-order valence-corrected chi connectivity index (χ3v) is 4.32. The molecule has 3 heterocycles. The second-order valence-corrected chi connectivity index (χ2v) is 5.96. The van der Waals surface area contributed by atoms with Gasteiger partial charge in [0.25, 0.3) is 5.56 Å². The van der Waals surface area contributed by atoms with Crippen LogP contribution in [-0.2, 0) is 6.54 Å². The molecule has 1 unspecified atom stereocenters. The molecular weight excluding hydrogens is 280 g/mol. The van der Waals surface area contributed by atoms with E-state index < -0.39 is 0 Å². The highest BCUT2D eigenvalue weighted by molar-refractivity contribution is 5.71. The number of nitrogens with zero attached hydrogens (tertiary/aromatic N) is 4. The Morgan fingerprint density at radius 1 is 1.32 bits per heavy atom. The SMILES string of the molecule is O=c1c2ncccc2ncn1CCCN1CCCC(CO)C1. The lowest BCUT2D eigenvalue weighted by atomic mass is 9.99. The Morgan fingerprint density at radius 3 is 3.09 bits per heavy atom. The molecule has 1 aliphatic rings. The molecule has 0 amide bonds. The number of aryl methyl sites for hydroxylation is 1. The first-order valence-corrected chi connectivity index (χ1v) is 7.91. The molecule has 0 aromatic carbocycles. The van der Waals surface area contributed by atoms with Crippen molar-refractivity contribution in [3.05, 3.63) is 35.0 Å². The number of aliphatic hydroxyl groups excluding tert-OH is 1. The second-order valence-electron chi connectivity index (χ2n) is 5.96. The average molecular weight is 302 g/mol. The van der Waals surface area contributed by atoms with E-state index in [2.05, 4.69) is 14.9 Å². The van der Waals surface area contributed by atoms with Gasteiger partial charge in [-0.2, -0.15) is 0 Å². The minimum absolute atomic E-state index is 0.0718. The molecule has 1 fully saturated rings. The van der Waals surface area contributed by atoms with Crippen LogP contribution in [0.25, 0.3) is 11.0 Å². The molecule has 0 spiro atoms. The van der Waals surface area contributed by atoms with Gasteiger partial charge in [-0.05, 0) is 50.4 Å². The first kappa shape index (κ1) is 15.1. The van der Waals surface area contributed by atoms with Gasteiger partial charge in [-0.15, -0.1) is 0 Å². The number of hydrogen-bond acceptors (Lipinski definition) is 5. The van der Waals surface area contributed by atoms with E-state index in [1.54, 1.807) is 29.2 Å². The van der Waals surface area contributed by atoms with Crippen molar-refractivity contribution in [2.75, 3.05) is 26.2 Å². The summed E-state index contributed by atoms with van der Waals surface area (Å²) in [5.74, 6) is 0.406. The predicted molar refractivity (Wildman–Crippen MR) is 84.7 cm³/mol. The van der Waals surface area contributed by atoms with E-state index in [0.717, 1.165) is 38.9 Å². The number of pyridine rings is 1. The molecule has 1 atom stereocenters. The van der Waals surface area contributed by atoms with Gasteiger partial charge in [-0.25, -0.2) is 9.97 Å². The first-order valence-electron chi connectivity index (χ1n) is 7.91. The van der Waals surface area contributed by atoms with Crippen LogP contribution in [0.15, 0.2) is 29.5 Å². The molecule has 2 aromatic rings. The van der Waals surface area contributed by atoms with Crippen LogP contribution in [0.2, 0.25) is 0 Å². The van der Waals surface area contributed by atoms with E-state index >= 15 is 0 Å². The monoisotopic (exact) mass is 302 g/mol. The number of hydrogen-bond donors (Lipinski definition) is 1. The Hall–Kier alpha value is -1.79. The molecule has 2 aromatic heterocycles. The lowest BCUT2D eigenvalue weighted by molar-refractivity contribution is 0.118.